The van der Waals surface area contributed by atoms with Crippen molar-refractivity contribution in [2.45, 2.75) is 12.6 Å². The lowest BCUT2D eigenvalue weighted by molar-refractivity contribution is 0.206. The van der Waals surface area contributed by atoms with Gasteiger partial charge in [-0.05, 0) is 35.9 Å². The van der Waals surface area contributed by atoms with Crippen molar-refractivity contribution in [1.29, 1.82) is 0 Å². The third-order valence-corrected chi connectivity index (χ3v) is 4.98. The van der Waals surface area contributed by atoms with E-state index in [9.17, 15) is 5.11 Å². The molecule has 0 unspecified atom stereocenters. The van der Waals surface area contributed by atoms with Gasteiger partial charge < -0.3 is 9.67 Å². The summed E-state index contributed by atoms with van der Waals surface area (Å²) < 4.78 is 2.02. The molecule has 0 saturated carbocycles. The van der Waals surface area contributed by atoms with Gasteiger partial charge in [0.2, 0.25) is 0 Å². The second-order valence-corrected chi connectivity index (χ2v) is 6.94. The summed E-state index contributed by atoms with van der Waals surface area (Å²) in [6.07, 6.45) is -0.914. The topological polar surface area (TPSA) is 38.1 Å². The van der Waals surface area contributed by atoms with E-state index in [1.54, 1.807) is 6.07 Å². The molecule has 0 spiro atoms. The molecule has 0 saturated heterocycles. The molecule has 5 heteroatoms. The van der Waals surface area contributed by atoms with Gasteiger partial charge in [0, 0.05) is 22.2 Å². The average Bonchev–Trinajstić information content (AvgIpc) is 3.02. The summed E-state index contributed by atoms with van der Waals surface area (Å²) in [6.45, 7) is 0.578. The summed E-state index contributed by atoms with van der Waals surface area (Å²) >= 11 is 12.3. The number of aliphatic hydroxyl groups excluding tert-OH is 1. The third kappa shape index (κ3) is 3.21. The summed E-state index contributed by atoms with van der Waals surface area (Å²) in [5, 5.41) is 12.2. The van der Waals surface area contributed by atoms with Crippen LogP contribution in [0.15, 0.2) is 72.8 Å². The average molecular weight is 383 g/mol. The fourth-order valence-electron chi connectivity index (χ4n) is 3.08. The minimum atomic E-state index is -0.914. The lowest BCUT2D eigenvalue weighted by atomic mass is 10.1. The van der Waals surface area contributed by atoms with Crippen molar-refractivity contribution in [1.82, 2.24) is 9.55 Å². The SMILES string of the molecule is O[C@H](c1ccccc1Cl)c1nc2ccccc2n1Cc1ccc(Cl)cc1. The maximum Gasteiger partial charge on any atom is 0.143 e. The van der Waals surface area contributed by atoms with Gasteiger partial charge in [-0.25, -0.2) is 4.98 Å². The van der Waals surface area contributed by atoms with E-state index in [-0.39, 0.29) is 0 Å². The zero-order valence-corrected chi connectivity index (χ0v) is 15.3. The predicted molar refractivity (Wildman–Crippen MR) is 106 cm³/mol. The van der Waals surface area contributed by atoms with Crippen molar-refractivity contribution in [2.75, 3.05) is 0 Å². The molecule has 4 rings (SSSR count). The molecule has 0 aliphatic heterocycles. The van der Waals surface area contributed by atoms with Crippen LogP contribution in [-0.4, -0.2) is 14.7 Å². The van der Waals surface area contributed by atoms with Crippen LogP contribution in [0.4, 0.5) is 0 Å². The van der Waals surface area contributed by atoms with Gasteiger partial charge in [-0.3, -0.25) is 0 Å². The van der Waals surface area contributed by atoms with E-state index in [2.05, 4.69) is 4.98 Å². The summed E-state index contributed by atoms with van der Waals surface area (Å²) in [6, 6.07) is 22.8. The van der Waals surface area contributed by atoms with Gasteiger partial charge in [0.25, 0.3) is 0 Å². The van der Waals surface area contributed by atoms with Gasteiger partial charge in [0.1, 0.15) is 11.9 Å². The lowest BCUT2D eigenvalue weighted by Crippen LogP contribution is -2.11. The minimum Gasteiger partial charge on any atom is -0.380 e. The van der Waals surface area contributed by atoms with Crippen LogP contribution in [-0.2, 0) is 6.54 Å². The van der Waals surface area contributed by atoms with Crippen LogP contribution in [0.1, 0.15) is 23.1 Å². The standard InChI is InChI=1S/C21H16Cl2N2O/c22-15-11-9-14(10-12-15)13-25-19-8-4-3-7-18(19)24-21(25)20(26)16-5-1-2-6-17(16)23/h1-12,20,26H,13H2/t20-/m1/s1. The van der Waals surface area contributed by atoms with E-state index < -0.39 is 6.10 Å². The Morgan fingerprint density at radius 2 is 1.58 bits per heavy atom. The van der Waals surface area contributed by atoms with Crippen LogP contribution in [0.2, 0.25) is 10.0 Å². The molecule has 0 fully saturated rings. The normalized spacial score (nSPS) is 12.4. The lowest BCUT2D eigenvalue weighted by Gasteiger charge is -2.15. The number of nitrogens with zero attached hydrogens (tertiary/aromatic N) is 2. The number of imidazole rings is 1. The molecule has 1 atom stereocenters. The van der Waals surface area contributed by atoms with Gasteiger partial charge in [-0.1, -0.05) is 65.7 Å². The number of halogens is 2. The summed E-state index contributed by atoms with van der Waals surface area (Å²) in [4.78, 5) is 4.67. The zero-order valence-electron chi connectivity index (χ0n) is 13.8. The number of hydrogen-bond acceptors (Lipinski definition) is 2. The van der Waals surface area contributed by atoms with Crippen LogP contribution in [0.3, 0.4) is 0 Å². The molecule has 130 valence electrons. The number of benzene rings is 3. The fourth-order valence-corrected chi connectivity index (χ4v) is 3.44. The Balaban J connectivity index is 1.83. The highest BCUT2D eigenvalue weighted by Gasteiger charge is 2.21. The molecule has 1 aromatic heterocycles. The van der Waals surface area contributed by atoms with Crippen molar-refractivity contribution in [2.24, 2.45) is 0 Å². The van der Waals surface area contributed by atoms with Crippen LogP contribution in [0, 0.1) is 0 Å². The van der Waals surface area contributed by atoms with E-state index in [1.807, 2.05) is 71.3 Å². The Morgan fingerprint density at radius 3 is 2.35 bits per heavy atom. The van der Waals surface area contributed by atoms with Crippen LogP contribution >= 0.6 is 23.2 Å². The highest BCUT2D eigenvalue weighted by molar-refractivity contribution is 6.31. The second kappa shape index (κ2) is 7.12. The summed E-state index contributed by atoms with van der Waals surface area (Å²) in [5.41, 5.74) is 3.51. The van der Waals surface area contributed by atoms with Crippen molar-refractivity contribution in [3.05, 3.63) is 99.8 Å². The molecular weight excluding hydrogens is 367 g/mol. The highest BCUT2D eigenvalue weighted by atomic mass is 35.5. The van der Waals surface area contributed by atoms with E-state index >= 15 is 0 Å². The molecule has 3 nitrogen and oxygen atoms in total. The van der Waals surface area contributed by atoms with Crippen molar-refractivity contribution >= 4 is 34.2 Å². The number of hydrogen-bond donors (Lipinski definition) is 1. The summed E-state index contributed by atoms with van der Waals surface area (Å²) in [5.74, 6) is 0.564. The fraction of sp³-hybridized carbons (Fsp3) is 0.0952. The Morgan fingerprint density at radius 1 is 0.885 bits per heavy atom. The molecule has 0 radical (unpaired) electrons. The molecule has 0 aliphatic rings. The second-order valence-electron chi connectivity index (χ2n) is 6.10. The molecule has 4 aromatic rings. The Kier molecular flexibility index (Phi) is 4.68. The first-order valence-corrected chi connectivity index (χ1v) is 9.01. The molecule has 26 heavy (non-hydrogen) atoms. The molecule has 0 bridgehead atoms. The van der Waals surface area contributed by atoms with E-state index in [1.165, 1.54) is 0 Å². The Hall–Kier alpha value is -2.33. The van der Waals surface area contributed by atoms with Crippen LogP contribution in [0.5, 0.6) is 0 Å². The molecule has 3 aromatic carbocycles. The molecule has 0 aliphatic carbocycles. The summed E-state index contributed by atoms with van der Waals surface area (Å²) in [7, 11) is 0. The van der Waals surface area contributed by atoms with Crippen molar-refractivity contribution in [3.63, 3.8) is 0 Å². The maximum absolute atomic E-state index is 11.0. The first-order valence-electron chi connectivity index (χ1n) is 8.25. The van der Waals surface area contributed by atoms with E-state index in [4.69, 9.17) is 23.2 Å². The van der Waals surface area contributed by atoms with E-state index in [0.29, 0.717) is 28.0 Å². The molecule has 1 N–H and O–H groups in total. The highest BCUT2D eigenvalue weighted by Crippen LogP contribution is 2.30. The monoisotopic (exact) mass is 382 g/mol. The number of fused-ring (bicyclic) bond motifs is 1. The number of para-hydroxylation sites is 2. The molecule has 1 heterocycles. The van der Waals surface area contributed by atoms with Gasteiger partial charge in [0.15, 0.2) is 0 Å². The van der Waals surface area contributed by atoms with Crippen molar-refractivity contribution in [3.8, 4) is 0 Å². The van der Waals surface area contributed by atoms with Crippen LogP contribution in [0.25, 0.3) is 11.0 Å². The van der Waals surface area contributed by atoms with Crippen molar-refractivity contribution < 1.29 is 5.11 Å². The predicted octanol–water partition coefficient (Wildman–Crippen LogP) is 5.47. The maximum atomic E-state index is 11.0. The molecular formula is C21H16Cl2N2O. The van der Waals surface area contributed by atoms with E-state index in [0.717, 1.165) is 16.6 Å². The minimum absolute atomic E-state index is 0.519. The van der Waals surface area contributed by atoms with Gasteiger partial charge in [-0.2, -0.15) is 0 Å². The smallest absolute Gasteiger partial charge is 0.143 e. The molecule has 0 amide bonds. The third-order valence-electron chi connectivity index (χ3n) is 4.38. The number of aliphatic hydroxyl groups is 1. The largest absolute Gasteiger partial charge is 0.380 e. The Bertz CT molecular complexity index is 1060. The van der Waals surface area contributed by atoms with Gasteiger partial charge >= 0.3 is 0 Å². The van der Waals surface area contributed by atoms with Crippen LogP contribution < -0.4 is 0 Å². The first-order chi connectivity index (χ1) is 12.6. The zero-order chi connectivity index (χ0) is 18.1. The van der Waals surface area contributed by atoms with Gasteiger partial charge in [-0.15, -0.1) is 0 Å². The number of rotatable bonds is 4. The number of aromatic nitrogens is 2. The van der Waals surface area contributed by atoms with Gasteiger partial charge in [0.05, 0.1) is 11.0 Å². The quantitative estimate of drug-likeness (QED) is 0.507. The first kappa shape index (κ1) is 17.1. The Labute approximate surface area is 161 Å².